The molecule has 0 aliphatic heterocycles. The van der Waals surface area contributed by atoms with E-state index in [4.69, 9.17) is 9.47 Å². The number of nitrogens with zero attached hydrogens (tertiary/aromatic N) is 4. The van der Waals surface area contributed by atoms with Crippen molar-refractivity contribution in [2.75, 3.05) is 13.2 Å². The molecule has 0 fully saturated rings. The van der Waals surface area contributed by atoms with Gasteiger partial charge in [-0.15, -0.1) is 5.92 Å². The molecule has 2 heterocycles. The Hall–Kier alpha value is -4.42. The van der Waals surface area contributed by atoms with Gasteiger partial charge in [0.2, 0.25) is 12.7 Å². The number of benzene rings is 2. The van der Waals surface area contributed by atoms with Gasteiger partial charge in [0.25, 0.3) is 0 Å². The smallest absolute Gasteiger partial charge is 0.243 e. The van der Waals surface area contributed by atoms with Gasteiger partial charge in [-0.2, -0.15) is 0 Å². The molecule has 0 atom stereocenters. The molecular formula is C34H40N4O2+2. The Morgan fingerprint density at radius 3 is 1.70 bits per heavy atom. The van der Waals surface area contributed by atoms with Crippen LogP contribution in [0.3, 0.4) is 0 Å². The summed E-state index contributed by atoms with van der Waals surface area (Å²) >= 11 is 0. The number of hydrogen-bond donors (Lipinski definition) is 0. The predicted molar refractivity (Wildman–Crippen MR) is 157 cm³/mol. The molecule has 4 rings (SSSR count). The average Bonchev–Trinajstić information content (AvgIpc) is 3.54. The van der Waals surface area contributed by atoms with E-state index in [1.165, 1.54) is 0 Å². The lowest BCUT2D eigenvalue weighted by Gasteiger charge is -2.14. The van der Waals surface area contributed by atoms with E-state index in [0.29, 0.717) is 13.2 Å². The number of aromatic nitrogens is 4. The molecule has 4 aromatic rings. The van der Waals surface area contributed by atoms with Gasteiger partial charge in [-0.1, -0.05) is 17.8 Å². The fraction of sp³-hybridized carbons (Fsp3) is 0.353. The minimum Gasteiger partial charge on any atom is -0.493 e. The maximum absolute atomic E-state index is 6.28. The van der Waals surface area contributed by atoms with Crippen LogP contribution in [0.5, 0.6) is 11.5 Å². The zero-order valence-electron chi connectivity index (χ0n) is 24.6. The SMILES string of the molecule is CC#Cc1cc(C)c(C#Cc2cc(OCCCn3cc[n+](C)c3)c(C)cc2OCCCn2cc[n+](C)c2)cc1C. The van der Waals surface area contributed by atoms with Crippen LogP contribution in [0.1, 0.15) is 53.1 Å². The van der Waals surface area contributed by atoms with Crippen LogP contribution in [-0.4, -0.2) is 22.3 Å². The standard InChI is InChI=1S/C34H40N4O2/c1-7-10-30-21-28(3)31(22-27(30)2)11-12-32-24-33(39-19-8-13-37-17-15-35(5)25-37)29(4)23-34(32)40-20-9-14-38-18-16-36(6)26-38/h15-18,21-26H,8-9,13-14,19-20H2,1-6H3/q+2. The third kappa shape index (κ3) is 7.80. The monoisotopic (exact) mass is 536 g/mol. The molecule has 0 saturated heterocycles. The van der Waals surface area contributed by atoms with Crippen molar-refractivity contribution in [2.24, 2.45) is 14.1 Å². The van der Waals surface area contributed by atoms with Gasteiger partial charge >= 0.3 is 0 Å². The van der Waals surface area contributed by atoms with Crippen molar-refractivity contribution in [1.82, 2.24) is 9.13 Å². The first-order valence-electron chi connectivity index (χ1n) is 13.8. The normalized spacial score (nSPS) is 10.4. The Bertz CT molecular complexity index is 1590. The summed E-state index contributed by atoms with van der Waals surface area (Å²) in [6, 6.07) is 8.31. The topological polar surface area (TPSA) is 36.1 Å². The third-order valence-electron chi connectivity index (χ3n) is 6.72. The zero-order chi connectivity index (χ0) is 28.5. The number of imidazole rings is 2. The van der Waals surface area contributed by atoms with E-state index in [9.17, 15) is 0 Å². The van der Waals surface area contributed by atoms with Crippen molar-refractivity contribution in [3.63, 3.8) is 0 Å². The molecule has 40 heavy (non-hydrogen) atoms. The van der Waals surface area contributed by atoms with Crippen molar-refractivity contribution >= 4 is 0 Å². The van der Waals surface area contributed by atoms with Gasteiger partial charge in [-0.3, -0.25) is 0 Å². The summed E-state index contributed by atoms with van der Waals surface area (Å²) in [4.78, 5) is 0. The largest absolute Gasteiger partial charge is 0.493 e. The van der Waals surface area contributed by atoms with E-state index in [1.54, 1.807) is 0 Å². The van der Waals surface area contributed by atoms with Crippen LogP contribution in [0.2, 0.25) is 0 Å². The van der Waals surface area contributed by atoms with Crippen molar-refractivity contribution in [2.45, 2.75) is 53.6 Å². The molecule has 2 aromatic heterocycles. The van der Waals surface area contributed by atoms with Gasteiger partial charge in [-0.05, 0) is 68.7 Å². The summed E-state index contributed by atoms with van der Waals surface area (Å²) < 4.78 is 20.9. The minimum atomic E-state index is 0.604. The maximum Gasteiger partial charge on any atom is 0.243 e. The van der Waals surface area contributed by atoms with Crippen molar-refractivity contribution in [3.8, 4) is 35.2 Å². The number of rotatable bonds is 10. The van der Waals surface area contributed by atoms with Crippen LogP contribution in [0, 0.1) is 44.5 Å². The van der Waals surface area contributed by atoms with E-state index in [-0.39, 0.29) is 0 Å². The quantitative estimate of drug-likeness (QED) is 0.169. The van der Waals surface area contributed by atoms with Crippen LogP contribution in [0.4, 0.5) is 0 Å². The second-order valence-electron chi connectivity index (χ2n) is 10.3. The fourth-order valence-electron chi connectivity index (χ4n) is 4.52. The molecule has 0 aliphatic carbocycles. The molecule has 0 unspecified atom stereocenters. The first-order valence-corrected chi connectivity index (χ1v) is 13.8. The van der Waals surface area contributed by atoms with Crippen molar-refractivity contribution in [3.05, 3.63) is 95.1 Å². The lowest BCUT2D eigenvalue weighted by molar-refractivity contribution is -0.671. The van der Waals surface area contributed by atoms with E-state index in [0.717, 1.165) is 70.8 Å². The Morgan fingerprint density at radius 1 is 0.650 bits per heavy atom. The van der Waals surface area contributed by atoms with Crippen LogP contribution >= 0.6 is 0 Å². The van der Waals surface area contributed by atoms with Crippen LogP contribution in [-0.2, 0) is 27.2 Å². The first-order chi connectivity index (χ1) is 19.3. The highest BCUT2D eigenvalue weighted by molar-refractivity contribution is 5.57. The first kappa shape index (κ1) is 28.6. The zero-order valence-corrected chi connectivity index (χ0v) is 24.6. The molecule has 0 N–H and O–H groups in total. The minimum absolute atomic E-state index is 0.604. The molecule has 0 saturated carbocycles. The fourth-order valence-corrected chi connectivity index (χ4v) is 4.52. The number of ether oxygens (including phenoxy) is 2. The summed E-state index contributed by atoms with van der Waals surface area (Å²) in [7, 11) is 4.05. The second kappa shape index (κ2) is 13.6. The Labute approximate surface area is 238 Å². The van der Waals surface area contributed by atoms with Gasteiger partial charge in [0.1, 0.15) is 36.3 Å². The molecule has 0 aliphatic rings. The summed E-state index contributed by atoms with van der Waals surface area (Å²) in [5, 5.41) is 0. The van der Waals surface area contributed by atoms with Gasteiger partial charge < -0.3 is 9.47 Å². The lowest BCUT2D eigenvalue weighted by atomic mass is 10.00. The van der Waals surface area contributed by atoms with Crippen LogP contribution < -0.4 is 18.6 Å². The van der Waals surface area contributed by atoms with E-state index in [1.807, 2.05) is 48.6 Å². The second-order valence-corrected chi connectivity index (χ2v) is 10.3. The summed E-state index contributed by atoms with van der Waals surface area (Å²) in [6.45, 7) is 11.1. The summed E-state index contributed by atoms with van der Waals surface area (Å²) in [5.74, 6) is 14.6. The summed E-state index contributed by atoms with van der Waals surface area (Å²) in [5.41, 5.74) is 6.15. The molecular weight excluding hydrogens is 496 g/mol. The average molecular weight is 537 g/mol. The van der Waals surface area contributed by atoms with Crippen molar-refractivity contribution < 1.29 is 18.6 Å². The predicted octanol–water partition coefficient (Wildman–Crippen LogP) is 4.57. The van der Waals surface area contributed by atoms with Gasteiger partial charge in [0.05, 0.1) is 46.0 Å². The van der Waals surface area contributed by atoms with Gasteiger partial charge in [-0.25, -0.2) is 18.3 Å². The Kier molecular flexibility index (Phi) is 9.71. The Morgan fingerprint density at radius 2 is 1.18 bits per heavy atom. The highest BCUT2D eigenvalue weighted by Crippen LogP contribution is 2.29. The maximum atomic E-state index is 6.28. The van der Waals surface area contributed by atoms with E-state index >= 15 is 0 Å². The summed E-state index contributed by atoms with van der Waals surface area (Å²) in [6.07, 6.45) is 14.2. The van der Waals surface area contributed by atoms with Gasteiger partial charge in [0, 0.05) is 24.0 Å². The number of aryl methyl sites for hydroxylation is 7. The lowest BCUT2D eigenvalue weighted by Crippen LogP contribution is -2.23. The van der Waals surface area contributed by atoms with Crippen molar-refractivity contribution in [1.29, 1.82) is 0 Å². The molecule has 0 bridgehead atoms. The van der Waals surface area contributed by atoms with E-state index < -0.39 is 0 Å². The highest BCUT2D eigenvalue weighted by atomic mass is 16.5. The molecule has 206 valence electrons. The van der Waals surface area contributed by atoms with Gasteiger partial charge in [0.15, 0.2) is 0 Å². The highest BCUT2D eigenvalue weighted by Gasteiger charge is 2.11. The molecule has 6 nitrogen and oxygen atoms in total. The molecule has 0 spiro atoms. The van der Waals surface area contributed by atoms with Crippen LogP contribution in [0.25, 0.3) is 0 Å². The third-order valence-corrected chi connectivity index (χ3v) is 6.72. The number of hydrogen-bond acceptors (Lipinski definition) is 2. The van der Waals surface area contributed by atoms with E-state index in [2.05, 4.69) is 96.8 Å². The van der Waals surface area contributed by atoms with Crippen LogP contribution in [0.15, 0.2) is 61.7 Å². The molecule has 0 radical (unpaired) electrons. The molecule has 2 aromatic carbocycles. The Balaban J connectivity index is 1.52. The molecule has 0 amide bonds. The molecule has 6 heteroatoms.